The van der Waals surface area contributed by atoms with Crippen molar-refractivity contribution in [2.45, 2.75) is 45.2 Å². The molecule has 82 valence electrons. The summed E-state index contributed by atoms with van der Waals surface area (Å²) in [6, 6.07) is 12.1. The molecule has 1 fully saturated rings. The molecule has 1 saturated carbocycles. The maximum absolute atomic E-state index is 3.70. The first-order valence-corrected chi connectivity index (χ1v) is 6.04. The van der Waals surface area contributed by atoms with Gasteiger partial charge in [-0.25, -0.2) is 0 Å². The van der Waals surface area contributed by atoms with Gasteiger partial charge in [-0.05, 0) is 37.7 Å². The molecule has 1 nitrogen and oxygen atoms in total. The molecule has 1 unspecified atom stereocenters. The van der Waals surface area contributed by atoms with Crippen LogP contribution in [0.2, 0.25) is 0 Å². The van der Waals surface area contributed by atoms with Crippen molar-refractivity contribution in [2.24, 2.45) is 5.92 Å². The predicted molar refractivity (Wildman–Crippen MR) is 64.9 cm³/mol. The maximum Gasteiger partial charge on any atom is 0.00817 e. The van der Waals surface area contributed by atoms with Gasteiger partial charge >= 0.3 is 0 Å². The predicted octanol–water partition coefficient (Wildman–Crippen LogP) is 3.01. The Labute approximate surface area is 92.9 Å². The minimum atomic E-state index is 0.602. The van der Waals surface area contributed by atoms with Crippen LogP contribution in [0.25, 0.3) is 0 Å². The molecule has 1 aliphatic carbocycles. The molecular weight excluding hydrogens is 182 g/mol. The third-order valence-corrected chi connectivity index (χ3v) is 3.28. The van der Waals surface area contributed by atoms with E-state index in [4.69, 9.17) is 0 Å². The molecule has 1 atom stereocenters. The average Bonchev–Trinajstić information content (AvgIpc) is 2.17. The van der Waals surface area contributed by atoms with Crippen molar-refractivity contribution in [1.82, 2.24) is 5.32 Å². The van der Waals surface area contributed by atoms with E-state index in [1.807, 2.05) is 0 Å². The van der Waals surface area contributed by atoms with Crippen LogP contribution in [0.5, 0.6) is 0 Å². The molecule has 0 bridgehead atoms. The fourth-order valence-electron chi connectivity index (χ4n) is 2.47. The number of nitrogens with one attached hydrogen (secondary N) is 1. The van der Waals surface area contributed by atoms with Crippen LogP contribution in [-0.4, -0.2) is 12.1 Å². The van der Waals surface area contributed by atoms with Gasteiger partial charge < -0.3 is 5.32 Å². The summed E-state index contributed by atoms with van der Waals surface area (Å²) in [5.74, 6) is 0.937. The van der Waals surface area contributed by atoms with Crippen molar-refractivity contribution in [3.05, 3.63) is 35.9 Å². The van der Waals surface area contributed by atoms with E-state index in [1.165, 1.54) is 18.4 Å². The molecule has 1 aliphatic rings. The van der Waals surface area contributed by atoms with Gasteiger partial charge in [-0.15, -0.1) is 0 Å². The lowest BCUT2D eigenvalue weighted by atomic mass is 9.81. The van der Waals surface area contributed by atoms with Crippen molar-refractivity contribution in [3.63, 3.8) is 0 Å². The Balaban J connectivity index is 1.75. The zero-order valence-corrected chi connectivity index (χ0v) is 9.74. The van der Waals surface area contributed by atoms with E-state index in [2.05, 4.69) is 49.5 Å². The Morgan fingerprint density at radius 3 is 2.53 bits per heavy atom. The van der Waals surface area contributed by atoms with E-state index in [1.54, 1.807) is 0 Å². The van der Waals surface area contributed by atoms with Crippen LogP contribution in [0.1, 0.15) is 32.3 Å². The fourth-order valence-corrected chi connectivity index (χ4v) is 2.47. The third kappa shape index (κ3) is 3.07. The summed E-state index contributed by atoms with van der Waals surface area (Å²) in [4.78, 5) is 0. The molecule has 0 heterocycles. The summed E-state index contributed by atoms with van der Waals surface area (Å²) >= 11 is 0. The Kier molecular flexibility index (Phi) is 3.42. The normalized spacial score (nSPS) is 27.1. The summed E-state index contributed by atoms with van der Waals surface area (Å²) in [6.45, 7) is 4.62. The van der Waals surface area contributed by atoms with Crippen LogP contribution < -0.4 is 5.32 Å². The zero-order chi connectivity index (χ0) is 10.7. The van der Waals surface area contributed by atoms with Crippen LogP contribution in [0.3, 0.4) is 0 Å². The number of benzene rings is 1. The standard InChI is InChI=1S/C14H21N/c1-11-8-14(9-11)15-12(2)10-13-6-4-3-5-7-13/h3-7,11-12,14-15H,8-10H2,1-2H3. The summed E-state index contributed by atoms with van der Waals surface area (Å²) in [6.07, 6.45) is 3.87. The third-order valence-electron chi connectivity index (χ3n) is 3.28. The summed E-state index contributed by atoms with van der Waals surface area (Å²) < 4.78 is 0. The lowest BCUT2D eigenvalue weighted by Crippen LogP contribution is -2.45. The summed E-state index contributed by atoms with van der Waals surface area (Å²) in [7, 11) is 0. The largest absolute Gasteiger partial charge is 0.311 e. The van der Waals surface area contributed by atoms with E-state index in [0.717, 1.165) is 18.4 Å². The van der Waals surface area contributed by atoms with Crippen LogP contribution in [0.15, 0.2) is 30.3 Å². The van der Waals surface area contributed by atoms with Crippen molar-refractivity contribution in [3.8, 4) is 0 Å². The van der Waals surface area contributed by atoms with Gasteiger partial charge in [0.15, 0.2) is 0 Å². The fraction of sp³-hybridized carbons (Fsp3) is 0.571. The topological polar surface area (TPSA) is 12.0 Å². The highest BCUT2D eigenvalue weighted by Gasteiger charge is 2.25. The van der Waals surface area contributed by atoms with Crippen LogP contribution in [0.4, 0.5) is 0 Å². The maximum atomic E-state index is 3.70. The number of hydrogen-bond donors (Lipinski definition) is 1. The molecular formula is C14H21N. The first-order valence-electron chi connectivity index (χ1n) is 6.04. The van der Waals surface area contributed by atoms with E-state index in [9.17, 15) is 0 Å². The minimum Gasteiger partial charge on any atom is -0.311 e. The van der Waals surface area contributed by atoms with Crippen molar-refractivity contribution in [2.75, 3.05) is 0 Å². The quantitative estimate of drug-likeness (QED) is 0.793. The Morgan fingerprint density at radius 2 is 1.93 bits per heavy atom. The minimum absolute atomic E-state index is 0.602. The molecule has 0 spiro atoms. The second-order valence-corrected chi connectivity index (χ2v) is 5.03. The van der Waals surface area contributed by atoms with Crippen LogP contribution >= 0.6 is 0 Å². The number of rotatable bonds is 4. The van der Waals surface area contributed by atoms with E-state index in [0.29, 0.717) is 6.04 Å². The summed E-state index contributed by atoms with van der Waals surface area (Å²) in [5, 5.41) is 3.70. The van der Waals surface area contributed by atoms with E-state index >= 15 is 0 Å². The Bertz CT molecular complexity index is 287. The highest BCUT2D eigenvalue weighted by atomic mass is 15.0. The van der Waals surface area contributed by atoms with Gasteiger partial charge in [-0.3, -0.25) is 0 Å². The van der Waals surface area contributed by atoms with Crippen molar-refractivity contribution in [1.29, 1.82) is 0 Å². The monoisotopic (exact) mass is 203 g/mol. The highest BCUT2D eigenvalue weighted by molar-refractivity contribution is 5.15. The molecule has 15 heavy (non-hydrogen) atoms. The van der Waals surface area contributed by atoms with Gasteiger partial charge in [0.2, 0.25) is 0 Å². The lowest BCUT2D eigenvalue weighted by molar-refractivity contribution is 0.225. The van der Waals surface area contributed by atoms with Crippen molar-refractivity contribution < 1.29 is 0 Å². The molecule has 1 N–H and O–H groups in total. The molecule has 1 aromatic rings. The van der Waals surface area contributed by atoms with Gasteiger partial charge in [0.25, 0.3) is 0 Å². The molecule has 0 aromatic heterocycles. The van der Waals surface area contributed by atoms with Crippen molar-refractivity contribution >= 4 is 0 Å². The molecule has 0 aliphatic heterocycles. The molecule has 1 aromatic carbocycles. The first-order chi connectivity index (χ1) is 7.24. The molecule has 0 amide bonds. The molecule has 1 heteroatoms. The summed E-state index contributed by atoms with van der Waals surface area (Å²) in [5.41, 5.74) is 1.44. The van der Waals surface area contributed by atoms with E-state index < -0.39 is 0 Å². The Hall–Kier alpha value is -0.820. The number of hydrogen-bond acceptors (Lipinski definition) is 1. The van der Waals surface area contributed by atoms with Gasteiger partial charge in [-0.2, -0.15) is 0 Å². The van der Waals surface area contributed by atoms with Gasteiger partial charge in [0.05, 0.1) is 0 Å². The first kappa shape index (κ1) is 10.7. The smallest absolute Gasteiger partial charge is 0.00817 e. The Morgan fingerprint density at radius 1 is 1.27 bits per heavy atom. The van der Waals surface area contributed by atoms with E-state index in [-0.39, 0.29) is 0 Å². The second-order valence-electron chi connectivity index (χ2n) is 5.03. The molecule has 0 radical (unpaired) electrons. The lowest BCUT2D eigenvalue weighted by Gasteiger charge is -2.35. The second kappa shape index (κ2) is 4.80. The molecule has 0 saturated heterocycles. The van der Waals surface area contributed by atoms with Gasteiger partial charge in [0, 0.05) is 12.1 Å². The van der Waals surface area contributed by atoms with Gasteiger partial charge in [-0.1, -0.05) is 37.3 Å². The SMILES string of the molecule is CC1CC(NC(C)Cc2ccccc2)C1. The van der Waals surface area contributed by atoms with Gasteiger partial charge in [0.1, 0.15) is 0 Å². The highest BCUT2D eigenvalue weighted by Crippen LogP contribution is 2.26. The zero-order valence-electron chi connectivity index (χ0n) is 9.74. The molecule has 2 rings (SSSR count). The van der Waals surface area contributed by atoms with Crippen LogP contribution in [-0.2, 0) is 6.42 Å². The van der Waals surface area contributed by atoms with Crippen LogP contribution in [0, 0.1) is 5.92 Å². The average molecular weight is 203 g/mol.